The first-order valence-corrected chi connectivity index (χ1v) is 7.47. The van der Waals surface area contributed by atoms with E-state index >= 15 is 0 Å². The number of allylic oxidation sites excluding steroid dienone is 2. The lowest BCUT2D eigenvalue weighted by molar-refractivity contribution is 0.338. The van der Waals surface area contributed by atoms with Gasteiger partial charge in [-0.05, 0) is 43.4 Å². The van der Waals surface area contributed by atoms with E-state index in [4.69, 9.17) is 0 Å². The molecule has 18 heavy (non-hydrogen) atoms. The maximum atomic E-state index is 2.30. The molecule has 0 aliphatic carbocycles. The molecular weight excluding hydrogens is 216 g/mol. The largest absolute Gasteiger partial charge is 0.0854 e. The van der Waals surface area contributed by atoms with Crippen molar-refractivity contribution in [3.63, 3.8) is 0 Å². The normalized spacial score (nSPS) is 11.9. The molecule has 0 aliphatic heterocycles. The second kappa shape index (κ2) is 8.77. The fourth-order valence-corrected chi connectivity index (χ4v) is 1.23. The Morgan fingerprint density at radius 3 is 1.44 bits per heavy atom. The molecule has 0 heterocycles. The Kier molecular flexibility index (Phi) is 9.78. The molecule has 0 fully saturated rings. The Morgan fingerprint density at radius 1 is 0.889 bits per heavy atom. The molecule has 0 bridgehead atoms. The Morgan fingerprint density at radius 2 is 1.33 bits per heavy atom. The summed E-state index contributed by atoms with van der Waals surface area (Å²) >= 11 is 0. The van der Waals surface area contributed by atoms with Crippen LogP contribution >= 0.6 is 0 Å². The third-order valence-corrected chi connectivity index (χ3v) is 2.59. The first-order valence-electron chi connectivity index (χ1n) is 7.47. The highest BCUT2D eigenvalue weighted by Crippen LogP contribution is 2.23. The number of hydrogen-bond acceptors (Lipinski definition) is 0. The van der Waals surface area contributed by atoms with Gasteiger partial charge in [0.1, 0.15) is 0 Å². The molecule has 0 aliphatic rings. The van der Waals surface area contributed by atoms with Crippen LogP contribution in [0.5, 0.6) is 0 Å². The molecule has 0 atom stereocenters. The summed E-state index contributed by atoms with van der Waals surface area (Å²) in [6, 6.07) is 0. The lowest BCUT2D eigenvalue weighted by atomic mass is 9.88. The Hall–Kier alpha value is -0.260. The summed E-state index contributed by atoms with van der Waals surface area (Å²) in [7, 11) is 0. The molecule has 0 amide bonds. The van der Waals surface area contributed by atoms with Crippen molar-refractivity contribution in [1.82, 2.24) is 0 Å². The highest BCUT2D eigenvalue weighted by molar-refractivity contribution is 4.94. The monoisotopic (exact) mass is 254 g/mol. The quantitative estimate of drug-likeness (QED) is 0.483. The Bertz CT molecular complexity index is 213. The molecule has 110 valence electrons. The van der Waals surface area contributed by atoms with Gasteiger partial charge in [-0.1, -0.05) is 73.5 Å². The van der Waals surface area contributed by atoms with Gasteiger partial charge < -0.3 is 0 Å². The van der Waals surface area contributed by atoms with Crippen LogP contribution in [0.1, 0.15) is 88.5 Å². The summed E-state index contributed by atoms with van der Waals surface area (Å²) in [5.74, 6) is 0.865. The van der Waals surface area contributed by atoms with Crippen LogP contribution in [0.2, 0.25) is 0 Å². The van der Waals surface area contributed by atoms with Gasteiger partial charge in [0, 0.05) is 0 Å². The first kappa shape index (κ1) is 20.1. The Balaban J connectivity index is 0. The Labute approximate surface area is 117 Å². The molecule has 0 saturated carbocycles. The van der Waals surface area contributed by atoms with E-state index in [1.165, 1.54) is 24.8 Å². The minimum Gasteiger partial charge on any atom is -0.0854 e. The molecule has 0 aromatic heterocycles. The van der Waals surface area contributed by atoms with E-state index in [2.05, 4.69) is 75.3 Å². The van der Waals surface area contributed by atoms with Gasteiger partial charge in [-0.3, -0.25) is 0 Å². The molecule has 0 radical (unpaired) electrons. The second-order valence-corrected chi connectivity index (χ2v) is 8.54. The van der Waals surface area contributed by atoms with Gasteiger partial charge in [0.25, 0.3) is 0 Å². The minimum absolute atomic E-state index is 0.456. The van der Waals surface area contributed by atoms with Crippen LogP contribution < -0.4 is 0 Å². The van der Waals surface area contributed by atoms with E-state index in [9.17, 15) is 0 Å². The van der Waals surface area contributed by atoms with Crippen LogP contribution in [-0.4, -0.2) is 0 Å². The number of rotatable bonds is 3. The lowest BCUT2D eigenvalue weighted by Gasteiger charge is -2.18. The molecule has 0 rings (SSSR count). The third-order valence-electron chi connectivity index (χ3n) is 2.59. The van der Waals surface area contributed by atoms with Crippen molar-refractivity contribution in [2.45, 2.75) is 88.5 Å². The van der Waals surface area contributed by atoms with Gasteiger partial charge >= 0.3 is 0 Å². The van der Waals surface area contributed by atoms with Crippen molar-refractivity contribution in [1.29, 1.82) is 0 Å². The van der Waals surface area contributed by atoms with E-state index in [1.807, 2.05) is 0 Å². The molecule has 0 N–H and O–H groups in total. The molecule has 0 heteroatoms. The summed E-state index contributed by atoms with van der Waals surface area (Å²) in [6.45, 7) is 22.5. The fourth-order valence-electron chi connectivity index (χ4n) is 1.23. The zero-order valence-corrected chi connectivity index (χ0v) is 14.8. The van der Waals surface area contributed by atoms with Crippen molar-refractivity contribution < 1.29 is 0 Å². The van der Waals surface area contributed by atoms with Crippen LogP contribution in [0.15, 0.2) is 11.6 Å². The molecule has 0 aromatic rings. The van der Waals surface area contributed by atoms with E-state index in [1.54, 1.807) is 0 Å². The average Bonchev–Trinajstić information content (AvgIpc) is 2.10. The van der Waals surface area contributed by atoms with Crippen LogP contribution in [0.3, 0.4) is 0 Å². The van der Waals surface area contributed by atoms with E-state index in [-0.39, 0.29) is 0 Å². The lowest BCUT2D eigenvalue weighted by Crippen LogP contribution is -2.05. The fraction of sp³-hybridized carbons (Fsp3) is 0.889. The van der Waals surface area contributed by atoms with Crippen LogP contribution in [0.4, 0.5) is 0 Å². The highest BCUT2D eigenvalue weighted by atomic mass is 14.2. The topological polar surface area (TPSA) is 0 Å². The predicted molar refractivity (Wildman–Crippen MR) is 87.0 cm³/mol. The number of hydrogen-bond donors (Lipinski definition) is 0. The maximum Gasteiger partial charge on any atom is -0.0299 e. The van der Waals surface area contributed by atoms with Gasteiger partial charge in [-0.2, -0.15) is 0 Å². The van der Waals surface area contributed by atoms with E-state index in [0.717, 1.165) is 5.92 Å². The minimum atomic E-state index is 0.456. The first-order chi connectivity index (χ1) is 7.83. The highest BCUT2D eigenvalue weighted by Gasteiger charge is 2.09. The molecule has 0 nitrogen and oxygen atoms in total. The van der Waals surface area contributed by atoms with Gasteiger partial charge in [-0.15, -0.1) is 0 Å². The van der Waals surface area contributed by atoms with Crippen molar-refractivity contribution >= 4 is 0 Å². The van der Waals surface area contributed by atoms with Crippen molar-refractivity contribution in [3.05, 3.63) is 11.6 Å². The summed E-state index contributed by atoms with van der Waals surface area (Å²) in [6.07, 6.45) is 6.20. The SMILES string of the molecule is CC(C)=CCC(C)(C)C.CC(C)CCC(C)(C)C. The van der Waals surface area contributed by atoms with E-state index in [0.29, 0.717) is 10.8 Å². The van der Waals surface area contributed by atoms with Gasteiger partial charge in [0.2, 0.25) is 0 Å². The summed E-state index contributed by atoms with van der Waals surface area (Å²) in [5, 5.41) is 0. The van der Waals surface area contributed by atoms with Crippen molar-refractivity contribution in [3.8, 4) is 0 Å². The standard InChI is InChI=1S/C9H20.C9H18/c2*1-8(2)6-7-9(3,4)5/h8H,6-7H2,1-5H3;6H,7H2,1-5H3. The molecule has 0 unspecified atom stereocenters. The zero-order chi connectivity index (χ0) is 15.0. The van der Waals surface area contributed by atoms with Gasteiger partial charge in [0.05, 0.1) is 0 Å². The smallest absolute Gasteiger partial charge is 0.0299 e. The molecule has 0 saturated heterocycles. The maximum absolute atomic E-state index is 2.30. The second-order valence-electron chi connectivity index (χ2n) is 8.54. The van der Waals surface area contributed by atoms with Gasteiger partial charge in [0.15, 0.2) is 0 Å². The van der Waals surface area contributed by atoms with E-state index < -0.39 is 0 Å². The van der Waals surface area contributed by atoms with Crippen molar-refractivity contribution in [2.24, 2.45) is 16.7 Å². The average molecular weight is 255 g/mol. The summed E-state index contributed by atoms with van der Waals surface area (Å²) < 4.78 is 0. The summed E-state index contributed by atoms with van der Waals surface area (Å²) in [4.78, 5) is 0. The van der Waals surface area contributed by atoms with Crippen molar-refractivity contribution in [2.75, 3.05) is 0 Å². The third kappa shape index (κ3) is 24.8. The van der Waals surface area contributed by atoms with Gasteiger partial charge in [-0.25, -0.2) is 0 Å². The molecule has 0 spiro atoms. The predicted octanol–water partition coefficient (Wildman–Crippen LogP) is 6.86. The van der Waals surface area contributed by atoms with Crippen LogP contribution in [0.25, 0.3) is 0 Å². The zero-order valence-electron chi connectivity index (χ0n) is 14.8. The van der Waals surface area contributed by atoms with Crippen LogP contribution in [0, 0.1) is 16.7 Å². The van der Waals surface area contributed by atoms with Crippen LogP contribution in [-0.2, 0) is 0 Å². The molecule has 0 aromatic carbocycles. The summed E-state index contributed by atoms with van der Waals surface area (Å²) in [5.41, 5.74) is 2.41. The molecular formula is C18H38.